The second-order valence-corrected chi connectivity index (χ2v) is 8.71. The van der Waals surface area contributed by atoms with Gasteiger partial charge in [-0.25, -0.2) is 8.42 Å². The van der Waals surface area contributed by atoms with E-state index in [1.165, 1.54) is 16.4 Å². The summed E-state index contributed by atoms with van der Waals surface area (Å²) in [5.74, 6) is -0.466. The summed E-state index contributed by atoms with van der Waals surface area (Å²) in [6, 6.07) is 10.6. The number of hydrogen-bond donors (Lipinski definition) is 1. The van der Waals surface area contributed by atoms with E-state index in [2.05, 4.69) is 11.0 Å². The molecule has 1 aliphatic rings. The number of halogens is 2. The molecule has 0 bridgehead atoms. The minimum Gasteiger partial charge on any atom is -0.505 e. The van der Waals surface area contributed by atoms with Crippen molar-refractivity contribution in [3.05, 3.63) is 52.0 Å². The molecule has 3 rings (SSSR count). The van der Waals surface area contributed by atoms with E-state index < -0.39 is 15.8 Å². The van der Waals surface area contributed by atoms with Crippen molar-refractivity contribution in [3.8, 4) is 5.75 Å². The first-order chi connectivity index (χ1) is 11.8. The smallest absolute Gasteiger partial charge is 0.246 e. The Balaban J connectivity index is 1.80. The highest BCUT2D eigenvalue weighted by molar-refractivity contribution is 7.89. The van der Waals surface area contributed by atoms with Crippen molar-refractivity contribution in [2.45, 2.75) is 11.8 Å². The minimum atomic E-state index is -3.86. The largest absolute Gasteiger partial charge is 0.505 e. The highest BCUT2D eigenvalue weighted by Crippen LogP contribution is 2.36. The maximum absolute atomic E-state index is 12.8. The second-order valence-electron chi connectivity index (χ2n) is 5.96. The quantitative estimate of drug-likeness (QED) is 0.855. The molecule has 2 aromatic rings. The lowest BCUT2D eigenvalue weighted by Gasteiger charge is -2.35. The predicted molar refractivity (Wildman–Crippen MR) is 100 cm³/mol. The van der Waals surface area contributed by atoms with Gasteiger partial charge in [-0.15, -0.1) is 0 Å². The molecule has 5 nitrogen and oxygen atoms in total. The Morgan fingerprint density at radius 2 is 1.72 bits per heavy atom. The monoisotopic (exact) mass is 400 g/mol. The third-order valence-corrected chi connectivity index (χ3v) is 6.63. The van der Waals surface area contributed by atoms with Gasteiger partial charge in [-0.1, -0.05) is 35.3 Å². The van der Waals surface area contributed by atoms with Crippen LogP contribution >= 0.6 is 23.2 Å². The van der Waals surface area contributed by atoms with Crippen LogP contribution in [0.15, 0.2) is 41.3 Å². The summed E-state index contributed by atoms with van der Waals surface area (Å²) in [4.78, 5) is 1.89. The fourth-order valence-corrected chi connectivity index (χ4v) is 5.06. The summed E-state index contributed by atoms with van der Waals surface area (Å²) < 4.78 is 27.0. The lowest BCUT2D eigenvalue weighted by molar-refractivity contribution is 0.380. The number of benzene rings is 2. The number of hydrogen-bond acceptors (Lipinski definition) is 4. The van der Waals surface area contributed by atoms with E-state index in [9.17, 15) is 13.5 Å². The van der Waals surface area contributed by atoms with Gasteiger partial charge < -0.3 is 10.0 Å². The SMILES string of the molecule is Cc1cccc(N2CCN(S(=O)(=O)c3cc(Cl)cc(Cl)c3O)CC2)c1. The van der Waals surface area contributed by atoms with E-state index >= 15 is 0 Å². The molecule has 0 aromatic heterocycles. The maximum Gasteiger partial charge on any atom is 0.246 e. The molecule has 0 atom stereocenters. The topological polar surface area (TPSA) is 60.9 Å². The molecular formula is C17H18Cl2N2O3S. The maximum atomic E-state index is 12.8. The molecule has 1 heterocycles. The summed E-state index contributed by atoms with van der Waals surface area (Å²) in [5.41, 5.74) is 2.23. The zero-order chi connectivity index (χ0) is 18.2. The number of rotatable bonds is 3. The summed E-state index contributed by atoms with van der Waals surface area (Å²) in [7, 11) is -3.86. The van der Waals surface area contributed by atoms with Gasteiger partial charge in [0.05, 0.1) is 5.02 Å². The highest BCUT2D eigenvalue weighted by Gasteiger charge is 2.31. The predicted octanol–water partition coefficient (Wildman–Crippen LogP) is 3.52. The molecule has 25 heavy (non-hydrogen) atoms. The van der Waals surface area contributed by atoms with Crippen molar-refractivity contribution in [1.29, 1.82) is 0 Å². The molecule has 0 radical (unpaired) electrons. The number of phenolic OH excluding ortho intramolecular Hbond substituents is 1. The van der Waals surface area contributed by atoms with E-state index in [4.69, 9.17) is 23.2 Å². The van der Waals surface area contributed by atoms with Crippen LogP contribution in [0.3, 0.4) is 0 Å². The lowest BCUT2D eigenvalue weighted by Crippen LogP contribution is -2.48. The molecule has 0 amide bonds. The molecule has 1 saturated heterocycles. The van der Waals surface area contributed by atoms with Crippen molar-refractivity contribution in [3.63, 3.8) is 0 Å². The average molecular weight is 401 g/mol. The van der Waals surface area contributed by atoms with Gasteiger partial charge in [0.2, 0.25) is 10.0 Å². The number of piperazine rings is 1. The van der Waals surface area contributed by atoms with Crippen LogP contribution < -0.4 is 4.90 Å². The highest BCUT2D eigenvalue weighted by atomic mass is 35.5. The Morgan fingerprint density at radius 1 is 1.04 bits per heavy atom. The van der Waals surface area contributed by atoms with E-state index in [0.717, 1.165) is 11.3 Å². The molecule has 0 saturated carbocycles. The number of anilines is 1. The van der Waals surface area contributed by atoms with Crippen LogP contribution in [0.4, 0.5) is 5.69 Å². The van der Waals surface area contributed by atoms with Crippen LogP contribution in [0.2, 0.25) is 10.0 Å². The number of aryl methyl sites for hydroxylation is 1. The van der Waals surface area contributed by atoms with Crippen LogP contribution in [-0.2, 0) is 10.0 Å². The molecule has 0 unspecified atom stereocenters. The normalized spacial score (nSPS) is 16.2. The first-order valence-corrected chi connectivity index (χ1v) is 9.98. The van der Waals surface area contributed by atoms with Crippen molar-refractivity contribution < 1.29 is 13.5 Å². The third kappa shape index (κ3) is 3.72. The minimum absolute atomic E-state index is 0.0792. The summed E-state index contributed by atoms with van der Waals surface area (Å²) in [5, 5.41) is 10.1. The van der Waals surface area contributed by atoms with Crippen LogP contribution in [0, 0.1) is 6.92 Å². The van der Waals surface area contributed by atoms with Gasteiger partial charge in [0.15, 0.2) is 5.75 Å². The summed E-state index contributed by atoms with van der Waals surface area (Å²) >= 11 is 11.8. The number of sulfonamides is 1. The van der Waals surface area contributed by atoms with Gasteiger partial charge in [-0.3, -0.25) is 0 Å². The van der Waals surface area contributed by atoms with E-state index in [0.29, 0.717) is 26.2 Å². The zero-order valence-electron chi connectivity index (χ0n) is 13.6. The molecule has 134 valence electrons. The van der Waals surface area contributed by atoms with Gasteiger partial charge >= 0.3 is 0 Å². The Morgan fingerprint density at radius 3 is 2.36 bits per heavy atom. The lowest BCUT2D eigenvalue weighted by atomic mass is 10.2. The van der Waals surface area contributed by atoms with E-state index in [1.807, 2.05) is 25.1 Å². The number of aromatic hydroxyl groups is 1. The van der Waals surface area contributed by atoms with Crippen molar-refractivity contribution >= 4 is 38.9 Å². The zero-order valence-corrected chi connectivity index (χ0v) is 15.9. The van der Waals surface area contributed by atoms with Gasteiger partial charge in [-0.05, 0) is 36.8 Å². The fourth-order valence-electron chi connectivity index (χ4n) is 2.89. The van der Waals surface area contributed by atoms with Crippen LogP contribution in [0.25, 0.3) is 0 Å². The van der Waals surface area contributed by atoms with Crippen molar-refractivity contribution in [2.75, 3.05) is 31.1 Å². The summed E-state index contributed by atoms with van der Waals surface area (Å²) in [6.45, 7) is 3.80. The Bertz CT molecular complexity index is 895. The molecule has 0 aliphatic carbocycles. The standard InChI is InChI=1S/C17H18Cl2N2O3S/c1-12-3-2-4-14(9-12)20-5-7-21(8-6-20)25(23,24)16-11-13(18)10-15(19)17(16)22/h2-4,9-11,22H,5-8H2,1H3. The summed E-state index contributed by atoms with van der Waals surface area (Å²) in [6.07, 6.45) is 0. The van der Waals surface area contributed by atoms with Gasteiger partial charge in [0.25, 0.3) is 0 Å². The number of phenols is 1. The van der Waals surface area contributed by atoms with Gasteiger partial charge in [0.1, 0.15) is 4.90 Å². The third-order valence-electron chi connectivity index (χ3n) is 4.22. The molecule has 1 N–H and O–H groups in total. The second kappa shape index (κ2) is 7.03. The van der Waals surface area contributed by atoms with Gasteiger partial charge in [0, 0.05) is 36.9 Å². The van der Waals surface area contributed by atoms with Crippen molar-refractivity contribution in [2.24, 2.45) is 0 Å². The van der Waals surface area contributed by atoms with E-state index in [1.54, 1.807) is 0 Å². The molecule has 8 heteroatoms. The Labute approximate surface area is 157 Å². The molecule has 1 aliphatic heterocycles. The fraction of sp³-hybridized carbons (Fsp3) is 0.294. The average Bonchev–Trinajstić information content (AvgIpc) is 2.58. The Hall–Kier alpha value is -1.47. The first-order valence-electron chi connectivity index (χ1n) is 7.79. The molecule has 0 spiro atoms. The molecule has 2 aromatic carbocycles. The Kier molecular flexibility index (Phi) is 5.16. The van der Waals surface area contributed by atoms with Crippen LogP contribution in [-0.4, -0.2) is 44.0 Å². The van der Waals surface area contributed by atoms with Gasteiger partial charge in [-0.2, -0.15) is 4.31 Å². The first kappa shape index (κ1) is 18.3. The van der Waals surface area contributed by atoms with Crippen molar-refractivity contribution in [1.82, 2.24) is 4.31 Å². The number of nitrogens with zero attached hydrogens (tertiary/aromatic N) is 2. The molecule has 1 fully saturated rings. The molecular weight excluding hydrogens is 383 g/mol. The van der Waals surface area contributed by atoms with Crippen LogP contribution in [0.5, 0.6) is 5.75 Å². The van der Waals surface area contributed by atoms with E-state index in [-0.39, 0.29) is 14.9 Å². The van der Waals surface area contributed by atoms with Crippen LogP contribution in [0.1, 0.15) is 5.56 Å².